The zero-order chi connectivity index (χ0) is 19.1. The van der Waals surface area contributed by atoms with Crippen LogP contribution in [0, 0.1) is 0 Å². The van der Waals surface area contributed by atoms with E-state index in [1.54, 1.807) is 42.5 Å². The molecule has 136 valence electrons. The molecule has 8 heteroatoms. The van der Waals surface area contributed by atoms with Gasteiger partial charge in [0, 0.05) is 17.6 Å². The highest BCUT2D eigenvalue weighted by atomic mass is 79.9. The molecular weight excluding hydrogens is 424 g/mol. The Kier molecular flexibility index (Phi) is 7.06. The first-order chi connectivity index (χ1) is 12.4. The molecule has 0 saturated carbocycles. The fourth-order valence-corrected chi connectivity index (χ4v) is 2.73. The Hall–Kier alpha value is -2.51. The second kappa shape index (κ2) is 9.26. The zero-order valence-electron chi connectivity index (χ0n) is 13.8. The van der Waals surface area contributed by atoms with Crippen molar-refractivity contribution in [3.05, 3.63) is 63.1 Å². The molecule has 0 atom stereocenters. The monoisotopic (exact) mass is 438 g/mol. The van der Waals surface area contributed by atoms with Gasteiger partial charge in [-0.15, -0.1) is 0 Å². The van der Waals surface area contributed by atoms with E-state index in [-0.39, 0.29) is 12.3 Å². The van der Waals surface area contributed by atoms with Gasteiger partial charge in [0.25, 0.3) is 0 Å². The summed E-state index contributed by atoms with van der Waals surface area (Å²) in [6.45, 7) is 0.217. The van der Waals surface area contributed by atoms with E-state index in [0.717, 1.165) is 11.1 Å². The fourth-order valence-electron chi connectivity index (χ4n) is 2.04. The van der Waals surface area contributed by atoms with Crippen LogP contribution in [0.25, 0.3) is 6.08 Å². The number of halogens is 2. The van der Waals surface area contributed by atoms with Crippen molar-refractivity contribution in [3.63, 3.8) is 0 Å². The van der Waals surface area contributed by atoms with Crippen LogP contribution in [-0.2, 0) is 11.3 Å². The first-order valence-electron chi connectivity index (χ1n) is 7.44. The van der Waals surface area contributed by atoms with Crippen LogP contribution in [0.15, 0.2) is 46.9 Å². The van der Waals surface area contributed by atoms with E-state index in [4.69, 9.17) is 26.8 Å². The predicted octanol–water partition coefficient (Wildman–Crippen LogP) is 3.90. The molecule has 6 nitrogen and oxygen atoms in total. The summed E-state index contributed by atoms with van der Waals surface area (Å²) in [5, 5.41) is 3.09. The van der Waals surface area contributed by atoms with Crippen LogP contribution in [0.1, 0.15) is 11.1 Å². The number of hydrogen-bond donors (Lipinski definition) is 2. The van der Waals surface area contributed by atoms with E-state index in [1.165, 1.54) is 13.2 Å². The molecule has 0 aromatic heterocycles. The van der Waals surface area contributed by atoms with Crippen molar-refractivity contribution < 1.29 is 19.1 Å². The Labute approximate surface area is 164 Å². The Bertz CT molecular complexity index is 838. The molecule has 0 fully saturated rings. The second-order valence-electron chi connectivity index (χ2n) is 5.13. The molecule has 2 aromatic carbocycles. The topological polar surface area (TPSA) is 90.7 Å². The van der Waals surface area contributed by atoms with E-state index in [2.05, 4.69) is 21.2 Å². The third-order valence-electron chi connectivity index (χ3n) is 3.24. The van der Waals surface area contributed by atoms with Crippen molar-refractivity contribution in [1.29, 1.82) is 0 Å². The molecule has 2 aromatic rings. The summed E-state index contributed by atoms with van der Waals surface area (Å²) < 4.78 is 11.1. The van der Waals surface area contributed by atoms with Crippen LogP contribution in [0.2, 0.25) is 5.02 Å². The fraction of sp³-hybridized carbons (Fsp3) is 0.111. The molecule has 2 rings (SSSR count). The molecule has 0 unspecified atom stereocenters. The zero-order valence-corrected chi connectivity index (χ0v) is 16.1. The standard InChI is InChI=1S/C18H16BrClN2O4/c1-25-15-9-12(10-22-18(21)24)8-14(19)17(15)26-16(23)7-4-11-2-5-13(20)6-3-11/h2-9H,10H2,1H3,(H3,21,22,24)/b7-4+. The number of esters is 1. The smallest absolute Gasteiger partial charge is 0.336 e. The minimum Gasteiger partial charge on any atom is -0.493 e. The molecule has 0 radical (unpaired) electrons. The van der Waals surface area contributed by atoms with E-state index >= 15 is 0 Å². The van der Waals surface area contributed by atoms with E-state index in [9.17, 15) is 9.59 Å². The Morgan fingerprint density at radius 3 is 2.58 bits per heavy atom. The van der Waals surface area contributed by atoms with Crippen LogP contribution >= 0.6 is 27.5 Å². The van der Waals surface area contributed by atoms with Crippen molar-refractivity contribution >= 4 is 45.6 Å². The number of nitrogens with one attached hydrogen (secondary N) is 1. The molecule has 0 spiro atoms. The Morgan fingerprint density at radius 2 is 1.96 bits per heavy atom. The van der Waals surface area contributed by atoms with Gasteiger partial charge in [-0.05, 0) is 57.4 Å². The normalized spacial score (nSPS) is 10.6. The Morgan fingerprint density at radius 1 is 1.27 bits per heavy atom. The molecule has 0 aliphatic carbocycles. The average molecular weight is 440 g/mol. The highest BCUT2D eigenvalue weighted by molar-refractivity contribution is 9.10. The van der Waals surface area contributed by atoms with Gasteiger partial charge in [0.15, 0.2) is 11.5 Å². The summed E-state index contributed by atoms with van der Waals surface area (Å²) in [7, 11) is 1.45. The van der Waals surface area contributed by atoms with Crippen molar-refractivity contribution in [2.24, 2.45) is 5.73 Å². The molecule has 0 bridgehead atoms. The first kappa shape index (κ1) is 19.8. The molecule has 3 N–H and O–H groups in total. The average Bonchev–Trinajstić information content (AvgIpc) is 2.61. The third kappa shape index (κ3) is 5.79. The van der Waals surface area contributed by atoms with Crippen LogP contribution in [-0.4, -0.2) is 19.1 Å². The van der Waals surface area contributed by atoms with Gasteiger partial charge in [-0.2, -0.15) is 0 Å². The van der Waals surface area contributed by atoms with Gasteiger partial charge in [0.1, 0.15) is 0 Å². The minimum absolute atomic E-state index is 0.217. The van der Waals surface area contributed by atoms with Crippen LogP contribution in [0.4, 0.5) is 4.79 Å². The lowest BCUT2D eigenvalue weighted by molar-refractivity contribution is -0.129. The van der Waals surface area contributed by atoms with Crippen LogP contribution in [0.3, 0.4) is 0 Å². The third-order valence-corrected chi connectivity index (χ3v) is 4.08. The summed E-state index contributed by atoms with van der Waals surface area (Å²) in [5.74, 6) is 0.0110. The van der Waals surface area contributed by atoms with Crippen molar-refractivity contribution in [2.45, 2.75) is 6.54 Å². The molecule has 2 amide bonds. The summed E-state index contributed by atoms with van der Waals surface area (Å²) in [5.41, 5.74) is 6.59. The highest BCUT2D eigenvalue weighted by Gasteiger charge is 2.14. The van der Waals surface area contributed by atoms with Crippen LogP contribution < -0.4 is 20.5 Å². The number of carbonyl (C=O) groups is 2. The van der Waals surface area contributed by atoms with Crippen molar-refractivity contribution in [1.82, 2.24) is 5.32 Å². The van der Waals surface area contributed by atoms with Gasteiger partial charge < -0.3 is 20.5 Å². The van der Waals surface area contributed by atoms with Gasteiger partial charge >= 0.3 is 12.0 Å². The SMILES string of the molecule is COc1cc(CNC(N)=O)cc(Br)c1OC(=O)/C=C/c1ccc(Cl)cc1. The number of primary amides is 1. The lowest BCUT2D eigenvalue weighted by Crippen LogP contribution is -2.28. The lowest BCUT2D eigenvalue weighted by atomic mass is 10.2. The minimum atomic E-state index is -0.636. The number of methoxy groups -OCH3 is 1. The molecule has 0 aliphatic rings. The molecule has 0 saturated heterocycles. The maximum absolute atomic E-state index is 12.1. The number of ether oxygens (including phenoxy) is 2. The molecular formula is C18H16BrClN2O4. The highest BCUT2D eigenvalue weighted by Crippen LogP contribution is 2.36. The number of urea groups is 1. The van der Waals surface area contributed by atoms with Gasteiger partial charge in [-0.1, -0.05) is 23.7 Å². The maximum atomic E-state index is 12.1. The summed E-state index contributed by atoms with van der Waals surface area (Å²) in [6, 6.07) is 9.72. The van der Waals surface area contributed by atoms with E-state index in [1.807, 2.05) is 0 Å². The predicted molar refractivity (Wildman–Crippen MR) is 103 cm³/mol. The number of hydrogen-bond acceptors (Lipinski definition) is 4. The molecule has 0 aliphatic heterocycles. The van der Waals surface area contributed by atoms with Crippen LogP contribution in [0.5, 0.6) is 11.5 Å². The van der Waals surface area contributed by atoms with E-state index in [0.29, 0.717) is 15.2 Å². The Balaban J connectivity index is 2.13. The second-order valence-corrected chi connectivity index (χ2v) is 6.42. The maximum Gasteiger partial charge on any atom is 0.336 e. The van der Waals surface area contributed by atoms with Gasteiger partial charge in [0.2, 0.25) is 0 Å². The van der Waals surface area contributed by atoms with E-state index < -0.39 is 12.0 Å². The lowest BCUT2D eigenvalue weighted by Gasteiger charge is -2.12. The summed E-state index contributed by atoms with van der Waals surface area (Å²) in [4.78, 5) is 22.9. The van der Waals surface area contributed by atoms with Crippen molar-refractivity contribution in [2.75, 3.05) is 7.11 Å². The van der Waals surface area contributed by atoms with Crippen molar-refractivity contribution in [3.8, 4) is 11.5 Å². The molecule has 26 heavy (non-hydrogen) atoms. The number of carbonyl (C=O) groups excluding carboxylic acids is 2. The van der Waals surface area contributed by atoms with Gasteiger partial charge in [-0.3, -0.25) is 0 Å². The molecule has 0 heterocycles. The summed E-state index contributed by atoms with van der Waals surface area (Å²) >= 11 is 9.16. The summed E-state index contributed by atoms with van der Waals surface area (Å²) in [6.07, 6.45) is 2.92. The number of rotatable bonds is 6. The first-order valence-corrected chi connectivity index (χ1v) is 8.61. The number of benzene rings is 2. The number of nitrogens with two attached hydrogens (primary N) is 1. The van der Waals surface area contributed by atoms with Gasteiger partial charge in [-0.25, -0.2) is 9.59 Å². The quantitative estimate of drug-likeness (QED) is 0.406. The number of amides is 2. The largest absolute Gasteiger partial charge is 0.493 e. The van der Waals surface area contributed by atoms with Gasteiger partial charge in [0.05, 0.1) is 11.6 Å².